The zero-order chi connectivity index (χ0) is 21.4. The molecule has 1 saturated heterocycles. The normalized spacial score (nSPS) is 16.2. The van der Waals surface area contributed by atoms with Crippen molar-refractivity contribution in [2.45, 2.75) is 32.0 Å². The standard InChI is InChI=1S/C24H21FN4O2/c25-19-3-1-2-17(11-19)21-5-4-16(12-26)10-22(21)24(30)28-13-18-14-29(27-23(18)15-28)20-6-8-31-9-7-20/h1-5,10-11,14,20H,6-9,13,15H2. The largest absolute Gasteiger partial charge is 0.381 e. The van der Waals surface area contributed by atoms with E-state index in [4.69, 9.17) is 9.84 Å². The first-order valence-electron chi connectivity index (χ1n) is 10.4. The maximum absolute atomic E-state index is 13.8. The fraction of sp³-hybridized carbons (Fsp3) is 0.292. The molecule has 0 saturated carbocycles. The Bertz CT molecular complexity index is 1170. The van der Waals surface area contributed by atoms with Crippen molar-refractivity contribution < 1.29 is 13.9 Å². The van der Waals surface area contributed by atoms with Crippen LogP contribution in [0.4, 0.5) is 4.39 Å². The number of rotatable bonds is 3. The van der Waals surface area contributed by atoms with Gasteiger partial charge in [-0.3, -0.25) is 9.48 Å². The number of carbonyl (C=O) groups excluding carboxylic acids is 1. The van der Waals surface area contributed by atoms with Gasteiger partial charge >= 0.3 is 0 Å². The molecule has 0 N–H and O–H groups in total. The maximum atomic E-state index is 13.8. The van der Waals surface area contributed by atoms with Crippen LogP contribution in [0.3, 0.4) is 0 Å². The highest BCUT2D eigenvalue weighted by Gasteiger charge is 2.30. The summed E-state index contributed by atoms with van der Waals surface area (Å²) < 4.78 is 21.2. The van der Waals surface area contributed by atoms with Crippen LogP contribution in [0.5, 0.6) is 0 Å². The lowest BCUT2D eigenvalue weighted by atomic mass is 9.96. The first-order chi connectivity index (χ1) is 15.1. The van der Waals surface area contributed by atoms with Crippen LogP contribution in [0.1, 0.15) is 46.1 Å². The van der Waals surface area contributed by atoms with E-state index < -0.39 is 0 Å². The second-order valence-electron chi connectivity index (χ2n) is 7.97. The van der Waals surface area contributed by atoms with E-state index in [1.165, 1.54) is 12.1 Å². The summed E-state index contributed by atoms with van der Waals surface area (Å²) in [7, 11) is 0. The van der Waals surface area contributed by atoms with Crippen LogP contribution in [-0.2, 0) is 17.8 Å². The van der Waals surface area contributed by atoms with Gasteiger partial charge in [-0.15, -0.1) is 0 Å². The van der Waals surface area contributed by atoms with Gasteiger partial charge in [0.25, 0.3) is 5.91 Å². The number of carbonyl (C=O) groups is 1. The molecule has 1 aromatic heterocycles. The summed E-state index contributed by atoms with van der Waals surface area (Å²) in [6, 6.07) is 13.5. The third-order valence-electron chi connectivity index (χ3n) is 5.96. The number of hydrogen-bond donors (Lipinski definition) is 0. The lowest BCUT2D eigenvalue weighted by Gasteiger charge is -2.23. The first kappa shape index (κ1) is 19.5. The third-order valence-corrected chi connectivity index (χ3v) is 5.96. The van der Waals surface area contributed by atoms with E-state index in [1.54, 1.807) is 35.2 Å². The summed E-state index contributed by atoms with van der Waals surface area (Å²) in [6.45, 7) is 2.39. The Balaban J connectivity index is 1.42. The third kappa shape index (κ3) is 3.71. The molecule has 6 nitrogen and oxygen atoms in total. The minimum absolute atomic E-state index is 0.188. The maximum Gasteiger partial charge on any atom is 0.255 e. The number of hydrogen-bond acceptors (Lipinski definition) is 4. The van der Waals surface area contributed by atoms with Crippen molar-refractivity contribution in [3.8, 4) is 17.2 Å². The molecular weight excluding hydrogens is 395 g/mol. The molecule has 1 fully saturated rings. The number of halogens is 1. The molecule has 2 aliphatic heterocycles. The highest BCUT2D eigenvalue weighted by Crippen LogP contribution is 2.31. The Morgan fingerprint density at radius 2 is 2.00 bits per heavy atom. The number of nitriles is 1. The summed E-state index contributed by atoms with van der Waals surface area (Å²) in [5, 5.41) is 14.1. The highest BCUT2D eigenvalue weighted by molar-refractivity contribution is 6.01. The fourth-order valence-electron chi connectivity index (χ4n) is 4.32. The van der Waals surface area contributed by atoms with Gasteiger partial charge < -0.3 is 9.64 Å². The van der Waals surface area contributed by atoms with Crippen LogP contribution in [0.15, 0.2) is 48.7 Å². The van der Waals surface area contributed by atoms with E-state index in [1.807, 2.05) is 10.9 Å². The van der Waals surface area contributed by atoms with Crippen LogP contribution in [0.25, 0.3) is 11.1 Å². The molecule has 3 heterocycles. The molecule has 5 rings (SSSR count). The molecule has 1 amide bonds. The van der Waals surface area contributed by atoms with Crippen molar-refractivity contribution in [1.29, 1.82) is 5.26 Å². The van der Waals surface area contributed by atoms with Gasteiger partial charge in [0.05, 0.1) is 29.9 Å². The van der Waals surface area contributed by atoms with Crippen LogP contribution < -0.4 is 0 Å². The van der Waals surface area contributed by atoms with E-state index in [0.717, 1.165) is 37.3 Å². The van der Waals surface area contributed by atoms with Gasteiger partial charge in [-0.2, -0.15) is 10.4 Å². The molecule has 0 spiro atoms. The topological polar surface area (TPSA) is 71.2 Å². The summed E-state index contributed by atoms with van der Waals surface area (Å²) in [5.74, 6) is -0.560. The zero-order valence-corrected chi connectivity index (χ0v) is 16.9. The number of ether oxygens (including phenoxy) is 1. The predicted molar refractivity (Wildman–Crippen MR) is 111 cm³/mol. The Morgan fingerprint density at radius 1 is 1.16 bits per heavy atom. The van der Waals surface area contributed by atoms with E-state index in [0.29, 0.717) is 41.4 Å². The molecule has 0 unspecified atom stereocenters. The average molecular weight is 416 g/mol. The van der Waals surface area contributed by atoms with Gasteiger partial charge in [0.1, 0.15) is 5.82 Å². The Hall–Kier alpha value is -3.50. The molecule has 2 aliphatic rings. The summed E-state index contributed by atoms with van der Waals surface area (Å²) in [6.07, 6.45) is 3.93. The van der Waals surface area contributed by atoms with Crippen molar-refractivity contribution in [1.82, 2.24) is 14.7 Å². The van der Waals surface area contributed by atoms with E-state index >= 15 is 0 Å². The molecule has 2 aromatic carbocycles. The van der Waals surface area contributed by atoms with Crippen LogP contribution >= 0.6 is 0 Å². The van der Waals surface area contributed by atoms with E-state index in [2.05, 4.69) is 6.07 Å². The number of nitrogens with zero attached hydrogens (tertiary/aromatic N) is 4. The molecule has 156 valence electrons. The summed E-state index contributed by atoms with van der Waals surface area (Å²) >= 11 is 0. The van der Waals surface area contributed by atoms with Crippen molar-refractivity contribution in [2.24, 2.45) is 0 Å². The van der Waals surface area contributed by atoms with E-state index in [-0.39, 0.29) is 11.7 Å². The zero-order valence-electron chi connectivity index (χ0n) is 16.9. The quantitative estimate of drug-likeness (QED) is 0.645. The van der Waals surface area contributed by atoms with Gasteiger partial charge in [0.15, 0.2) is 0 Å². The van der Waals surface area contributed by atoms with Crippen molar-refractivity contribution in [3.63, 3.8) is 0 Å². The Kier molecular flexibility index (Phi) is 5.00. The SMILES string of the molecule is N#Cc1ccc(-c2cccc(F)c2)c(C(=O)N2Cc3cn(C4CCOCC4)nc3C2)c1. The monoisotopic (exact) mass is 416 g/mol. The second kappa shape index (κ2) is 7.97. The molecule has 0 aliphatic carbocycles. The number of benzene rings is 2. The lowest BCUT2D eigenvalue weighted by molar-refractivity contribution is 0.0655. The number of fused-ring (bicyclic) bond motifs is 1. The van der Waals surface area contributed by atoms with Crippen molar-refractivity contribution in [2.75, 3.05) is 13.2 Å². The summed E-state index contributed by atoms with van der Waals surface area (Å²) in [4.78, 5) is 15.1. The summed E-state index contributed by atoms with van der Waals surface area (Å²) in [5.41, 5.74) is 3.96. The van der Waals surface area contributed by atoms with Gasteiger partial charge in [-0.05, 0) is 48.2 Å². The first-order valence-corrected chi connectivity index (χ1v) is 10.4. The fourth-order valence-corrected chi connectivity index (χ4v) is 4.32. The highest BCUT2D eigenvalue weighted by atomic mass is 19.1. The molecule has 0 bridgehead atoms. The molecular formula is C24H21FN4O2. The Labute approximate surface area is 179 Å². The predicted octanol–water partition coefficient (Wildman–Crippen LogP) is 4.07. The minimum Gasteiger partial charge on any atom is -0.381 e. The van der Waals surface area contributed by atoms with Gasteiger partial charge in [-0.1, -0.05) is 18.2 Å². The minimum atomic E-state index is -0.372. The second-order valence-corrected chi connectivity index (χ2v) is 7.97. The van der Waals surface area contributed by atoms with Crippen LogP contribution in [0.2, 0.25) is 0 Å². The van der Waals surface area contributed by atoms with Crippen molar-refractivity contribution >= 4 is 5.91 Å². The van der Waals surface area contributed by atoms with Gasteiger partial charge in [0, 0.05) is 37.1 Å². The van der Waals surface area contributed by atoms with E-state index in [9.17, 15) is 14.4 Å². The van der Waals surface area contributed by atoms with Crippen LogP contribution in [0, 0.1) is 17.1 Å². The lowest BCUT2D eigenvalue weighted by Crippen LogP contribution is -2.27. The molecule has 0 radical (unpaired) electrons. The van der Waals surface area contributed by atoms with Gasteiger partial charge in [-0.25, -0.2) is 4.39 Å². The Morgan fingerprint density at radius 3 is 2.74 bits per heavy atom. The number of amides is 1. The van der Waals surface area contributed by atoms with Crippen molar-refractivity contribution in [3.05, 3.63) is 76.9 Å². The average Bonchev–Trinajstić information content (AvgIpc) is 3.38. The molecule has 31 heavy (non-hydrogen) atoms. The van der Waals surface area contributed by atoms with Crippen LogP contribution in [-0.4, -0.2) is 33.8 Å². The number of aromatic nitrogens is 2. The molecule has 7 heteroatoms. The van der Waals surface area contributed by atoms with Gasteiger partial charge in [0.2, 0.25) is 0 Å². The smallest absolute Gasteiger partial charge is 0.255 e. The molecule has 0 atom stereocenters. The molecule has 3 aromatic rings.